The van der Waals surface area contributed by atoms with Gasteiger partial charge in [-0.1, -0.05) is 29.8 Å². The number of fused-ring (bicyclic) bond motifs is 4. The fourth-order valence-electron chi connectivity index (χ4n) is 6.99. The minimum Gasteiger partial charge on any atom is -0.490 e. The van der Waals surface area contributed by atoms with E-state index in [1.165, 1.54) is 18.1 Å². The largest absolute Gasteiger partial charge is 0.490 e. The van der Waals surface area contributed by atoms with E-state index < -0.39 is 33.4 Å². The summed E-state index contributed by atoms with van der Waals surface area (Å²) in [6.07, 6.45) is 6.21. The van der Waals surface area contributed by atoms with E-state index in [-0.39, 0.29) is 29.2 Å². The number of nitrogens with one attached hydrogen (secondary N) is 1. The van der Waals surface area contributed by atoms with Crippen molar-refractivity contribution in [3.63, 3.8) is 0 Å². The highest BCUT2D eigenvalue weighted by atomic mass is 35.5. The van der Waals surface area contributed by atoms with Gasteiger partial charge in [0.15, 0.2) is 0 Å². The van der Waals surface area contributed by atoms with Crippen LogP contribution in [0.4, 0.5) is 5.69 Å². The molecule has 2 bridgehead atoms. The number of hydrogen-bond donors (Lipinski definition) is 3. The number of nitrogens with zero attached hydrogens (tertiary/aromatic N) is 1. The summed E-state index contributed by atoms with van der Waals surface area (Å²) >= 11 is 6.36. The first-order chi connectivity index (χ1) is 19.6. The fraction of sp³-hybridized carbons (Fsp3) is 0.516. The molecule has 0 saturated heterocycles. The van der Waals surface area contributed by atoms with Gasteiger partial charge in [0.05, 0.1) is 24.5 Å². The van der Waals surface area contributed by atoms with Crippen molar-refractivity contribution in [2.75, 3.05) is 24.6 Å². The molecule has 220 valence electrons. The van der Waals surface area contributed by atoms with Crippen molar-refractivity contribution in [3.05, 3.63) is 70.3 Å². The zero-order chi connectivity index (χ0) is 28.9. The molecule has 10 heteroatoms. The Kier molecular flexibility index (Phi) is 7.59. The topological polar surface area (TPSA) is 116 Å². The molecule has 0 unspecified atom stereocenters. The van der Waals surface area contributed by atoms with Crippen LogP contribution in [0.1, 0.15) is 60.5 Å². The molecule has 8 nitrogen and oxygen atoms in total. The average molecular weight is 601 g/mol. The Balaban J connectivity index is 1.42. The summed E-state index contributed by atoms with van der Waals surface area (Å²) in [7, 11) is -4.16. The Morgan fingerprint density at radius 1 is 1.15 bits per heavy atom. The minimum atomic E-state index is -4.16. The summed E-state index contributed by atoms with van der Waals surface area (Å²) in [5.41, 5.74) is 3.12. The smallest absolute Gasteiger partial charge is 0.264 e. The van der Waals surface area contributed by atoms with E-state index in [9.17, 15) is 23.4 Å². The Hall–Kier alpha value is -2.59. The molecule has 4 aliphatic rings. The Morgan fingerprint density at radius 2 is 1.98 bits per heavy atom. The minimum absolute atomic E-state index is 0.0463. The third kappa shape index (κ3) is 5.38. The van der Waals surface area contributed by atoms with Crippen LogP contribution in [-0.2, 0) is 21.9 Å². The molecule has 0 radical (unpaired) electrons. The van der Waals surface area contributed by atoms with Crippen molar-refractivity contribution in [2.45, 2.75) is 68.3 Å². The maximum atomic E-state index is 13.2. The number of ether oxygens (including phenoxy) is 1. The molecule has 2 aromatic carbocycles. The molecule has 41 heavy (non-hydrogen) atoms. The molecule has 6 rings (SSSR count). The van der Waals surface area contributed by atoms with Gasteiger partial charge < -0.3 is 19.8 Å². The summed E-state index contributed by atoms with van der Waals surface area (Å²) < 4.78 is 34.6. The van der Waals surface area contributed by atoms with E-state index in [1.54, 1.807) is 30.4 Å². The van der Waals surface area contributed by atoms with Crippen LogP contribution in [0.25, 0.3) is 0 Å². The van der Waals surface area contributed by atoms with Crippen LogP contribution in [0.5, 0.6) is 5.75 Å². The summed E-state index contributed by atoms with van der Waals surface area (Å²) in [4.78, 5) is 15.5. The summed E-state index contributed by atoms with van der Waals surface area (Å²) in [5.74, 6) is 0.164. The van der Waals surface area contributed by atoms with E-state index in [0.29, 0.717) is 25.4 Å². The standard InChI is InChI=1S/C31H37ClN2O6S/c1-19-27(35)5-2-6-28(36)24-10-7-22(24)16-34-17-31(13-3-4-20-14-23(32)9-11-25(20)31)18-40-29-12-8-21(15-26(29)34)30(37)33-41(19,38)39/h2,6,8-9,11-12,14-15,19,22,24,27-28,35-36H,3-5,7,10,13,16-18H2,1H3,(H,33,37)/b6-2+/t19-,22-,24+,27+,28-,31-/m0/s1. The molecule has 1 saturated carbocycles. The molecular weight excluding hydrogens is 564 g/mol. The molecule has 0 aromatic heterocycles. The number of hydrogen-bond acceptors (Lipinski definition) is 7. The lowest BCUT2D eigenvalue weighted by atomic mass is 9.68. The third-order valence-electron chi connectivity index (χ3n) is 9.65. The Labute approximate surface area is 246 Å². The zero-order valence-electron chi connectivity index (χ0n) is 23.1. The van der Waals surface area contributed by atoms with E-state index in [1.807, 2.05) is 6.07 Å². The van der Waals surface area contributed by atoms with Gasteiger partial charge >= 0.3 is 0 Å². The number of aliphatic hydroxyl groups excluding tert-OH is 2. The molecule has 1 amide bonds. The summed E-state index contributed by atoms with van der Waals surface area (Å²) in [6.45, 7) is 3.17. The quantitative estimate of drug-likeness (QED) is 0.392. The number of halogens is 1. The van der Waals surface area contributed by atoms with Crippen LogP contribution in [0.3, 0.4) is 0 Å². The fourth-order valence-corrected chi connectivity index (χ4v) is 8.27. The van der Waals surface area contributed by atoms with Crippen LogP contribution >= 0.6 is 11.6 Å². The molecular formula is C31H37ClN2O6S. The average Bonchev–Trinajstić information content (AvgIpc) is 3.06. The lowest BCUT2D eigenvalue weighted by Crippen LogP contribution is -2.49. The van der Waals surface area contributed by atoms with E-state index in [0.717, 1.165) is 42.8 Å². The lowest BCUT2D eigenvalue weighted by Gasteiger charge is -2.45. The molecule has 2 heterocycles. The first kappa shape index (κ1) is 28.5. The SMILES string of the molecule is C[C@H]1[C@H](O)C/C=C/[C@H](O)[C@@H]2CC[C@H]2CN2C[C@@]3(CCCc4cc(Cl)ccc43)COc3ccc(cc32)C(=O)NS1(=O)=O. The number of aliphatic hydroxyl groups is 2. The third-order valence-corrected chi connectivity index (χ3v) is 11.6. The van der Waals surface area contributed by atoms with Crippen molar-refractivity contribution in [1.82, 2.24) is 4.72 Å². The van der Waals surface area contributed by atoms with Crippen molar-refractivity contribution < 1.29 is 28.2 Å². The molecule has 3 N–H and O–H groups in total. The number of sulfonamides is 1. The molecule has 2 aliphatic heterocycles. The van der Waals surface area contributed by atoms with Crippen molar-refractivity contribution in [1.29, 1.82) is 0 Å². The molecule has 2 aromatic rings. The highest BCUT2D eigenvalue weighted by Crippen LogP contribution is 2.46. The van der Waals surface area contributed by atoms with Crippen LogP contribution in [0.2, 0.25) is 5.02 Å². The summed E-state index contributed by atoms with van der Waals surface area (Å²) in [6, 6.07) is 11.1. The van der Waals surface area contributed by atoms with Crippen molar-refractivity contribution in [3.8, 4) is 5.75 Å². The number of anilines is 1. The lowest BCUT2D eigenvalue weighted by molar-refractivity contribution is 0.0454. The highest BCUT2D eigenvalue weighted by Gasteiger charge is 2.44. The number of aryl methyl sites for hydroxylation is 1. The van der Waals surface area contributed by atoms with Gasteiger partial charge in [-0.15, -0.1) is 0 Å². The number of rotatable bonds is 0. The van der Waals surface area contributed by atoms with Crippen LogP contribution < -0.4 is 14.4 Å². The van der Waals surface area contributed by atoms with E-state index in [4.69, 9.17) is 16.3 Å². The van der Waals surface area contributed by atoms with E-state index >= 15 is 0 Å². The van der Waals surface area contributed by atoms with Gasteiger partial charge in [-0.3, -0.25) is 4.79 Å². The number of benzene rings is 2. The molecule has 2 aliphatic carbocycles. The molecule has 6 atom stereocenters. The van der Waals surface area contributed by atoms with Crippen molar-refractivity contribution >= 4 is 33.2 Å². The van der Waals surface area contributed by atoms with E-state index in [2.05, 4.69) is 21.8 Å². The van der Waals surface area contributed by atoms with Gasteiger partial charge in [0.25, 0.3) is 5.91 Å². The maximum absolute atomic E-state index is 13.2. The number of carbonyl (C=O) groups excluding carboxylic acids is 1. The summed E-state index contributed by atoms with van der Waals surface area (Å²) in [5, 5.41) is 21.0. The second kappa shape index (κ2) is 10.9. The number of amides is 1. The van der Waals surface area contributed by atoms with Gasteiger partial charge in [-0.25, -0.2) is 13.1 Å². The van der Waals surface area contributed by atoms with Crippen LogP contribution in [-0.4, -0.2) is 61.7 Å². The second-order valence-corrected chi connectivity index (χ2v) is 14.7. The Morgan fingerprint density at radius 3 is 2.76 bits per heavy atom. The normalized spacial score (nSPS) is 33.8. The maximum Gasteiger partial charge on any atom is 0.264 e. The van der Waals surface area contributed by atoms with Crippen molar-refractivity contribution in [2.24, 2.45) is 11.8 Å². The van der Waals surface area contributed by atoms with Crippen LogP contribution in [0, 0.1) is 11.8 Å². The predicted molar refractivity (Wildman–Crippen MR) is 158 cm³/mol. The van der Waals surface area contributed by atoms with Gasteiger partial charge in [0.2, 0.25) is 10.0 Å². The first-order valence-electron chi connectivity index (χ1n) is 14.5. The van der Waals surface area contributed by atoms with Gasteiger partial charge in [-0.05, 0) is 98.7 Å². The molecule has 1 fully saturated rings. The first-order valence-corrected chi connectivity index (χ1v) is 16.4. The Bertz CT molecular complexity index is 1480. The second-order valence-electron chi connectivity index (χ2n) is 12.2. The number of carbonyl (C=O) groups is 1. The van der Waals surface area contributed by atoms with Gasteiger partial charge in [0, 0.05) is 29.1 Å². The van der Waals surface area contributed by atoms with Gasteiger partial charge in [-0.2, -0.15) is 0 Å². The highest BCUT2D eigenvalue weighted by molar-refractivity contribution is 7.90. The van der Waals surface area contributed by atoms with Crippen LogP contribution in [0.15, 0.2) is 48.6 Å². The van der Waals surface area contributed by atoms with Gasteiger partial charge in [0.1, 0.15) is 11.0 Å². The monoisotopic (exact) mass is 600 g/mol. The zero-order valence-corrected chi connectivity index (χ0v) is 24.7. The molecule has 1 spiro atoms. The predicted octanol–water partition coefficient (Wildman–Crippen LogP) is 3.97.